The minimum atomic E-state index is -0.283. The first-order valence-electron chi connectivity index (χ1n) is 9.49. The second-order valence-electron chi connectivity index (χ2n) is 7.50. The summed E-state index contributed by atoms with van der Waals surface area (Å²) < 4.78 is 0. The van der Waals surface area contributed by atoms with Crippen molar-refractivity contribution in [2.24, 2.45) is 23.5 Å². The molecular weight excluding hydrogens is 366 g/mol. The molecule has 29 heavy (non-hydrogen) atoms. The van der Waals surface area contributed by atoms with Crippen LogP contribution in [0.5, 0.6) is 0 Å². The van der Waals surface area contributed by atoms with Gasteiger partial charge in [0.15, 0.2) is 0 Å². The number of hydrogen-bond acceptors (Lipinski definition) is 6. The maximum atomic E-state index is 12.0. The predicted molar refractivity (Wildman–Crippen MR) is 109 cm³/mol. The first kappa shape index (κ1) is 17.3. The zero-order chi connectivity index (χ0) is 20.0. The summed E-state index contributed by atoms with van der Waals surface area (Å²) in [6.45, 7) is 0. The largest absolute Gasteiger partial charge is 0.369 e. The summed E-state index contributed by atoms with van der Waals surface area (Å²) in [5.41, 5.74) is 7.74. The van der Waals surface area contributed by atoms with Gasteiger partial charge in [0, 0.05) is 17.9 Å². The van der Waals surface area contributed by atoms with Crippen molar-refractivity contribution in [3.63, 3.8) is 0 Å². The quantitative estimate of drug-likeness (QED) is 0.499. The number of nitriles is 1. The van der Waals surface area contributed by atoms with Crippen LogP contribution in [-0.2, 0) is 4.79 Å². The Balaban J connectivity index is 1.47. The van der Waals surface area contributed by atoms with Gasteiger partial charge in [0.2, 0.25) is 11.9 Å². The highest BCUT2D eigenvalue weighted by Gasteiger charge is 2.47. The molecule has 2 aliphatic rings. The molecule has 1 saturated carbocycles. The third-order valence-corrected chi connectivity index (χ3v) is 5.78. The molecule has 4 atom stereocenters. The summed E-state index contributed by atoms with van der Waals surface area (Å²) >= 11 is 0. The van der Waals surface area contributed by atoms with Gasteiger partial charge in [-0.3, -0.25) is 4.79 Å². The Morgan fingerprint density at radius 2 is 1.97 bits per heavy atom. The van der Waals surface area contributed by atoms with Crippen LogP contribution in [0.3, 0.4) is 0 Å². The number of aromatic nitrogens is 3. The van der Waals surface area contributed by atoms with Gasteiger partial charge in [-0.05, 0) is 48.6 Å². The number of fused-ring (bicyclic) bond motifs is 3. The fourth-order valence-electron chi connectivity index (χ4n) is 4.43. The molecular formula is C21H19N7O. The lowest BCUT2D eigenvalue weighted by molar-refractivity contribution is -0.122. The molecule has 0 radical (unpaired) electrons. The molecule has 144 valence electrons. The number of nitrogens with two attached hydrogens (primary N) is 1. The smallest absolute Gasteiger partial charge is 0.231 e. The zero-order valence-electron chi connectivity index (χ0n) is 15.5. The van der Waals surface area contributed by atoms with Crippen molar-refractivity contribution in [3.05, 3.63) is 54.2 Å². The van der Waals surface area contributed by atoms with Gasteiger partial charge in [0.05, 0.1) is 22.9 Å². The van der Waals surface area contributed by atoms with Crippen LogP contribution in [0.1, 0.15) is 12.0 Å². The van der Waals surface area contributed by atoms with Gasteiger partial charge in [-0.1, -0.05) is 12.2 Å². The van der Waals surface area contributed by atoms with E-state index in [4.69, 9.17) is 11.0 Å². The molecule has 2 bridgehead atoms. The molecule has 5 N–H and O–H groups in total. The molecule has 4 unspecified atom stereocenters. The maximum Gasteiger partial charge on any atom is 0.231 e. The number of primary amides is 1. The summed E-state index contributed by atoms with van der Waals surface area (Å²) in [6, 6.07) is 11.0. The first-order valence-corrected chi connectivity index (χ1v) is 9.49. The number of carbonyl (C=O) groups excluding carboxylic acids is 1. The average molecular weight is 385 g/mol. The van der Waals surface area contributed by atoms with E-state index in [2.05, 4.69) is 43.8 Å². The number of nitrogens with zero attached hydrogens (tertiary/aromatic N) is 3. The lowest BCUT2D eigenvalue weighted by Crippen LogP contribution is -2.41. The maximum absolute atomic E-state index is 12.0. The normalized spacial score (nSPS) is 24.5. The standard InChI is InChI=1S/C21H19N7O/c22-10-11-1-5-14(6-2-11)25-21-27-19-15(7-8-24-19)20(28-21)26-17-13-4-3-12(9-13)16(17)18(23)29/h1-8,12-13,16-17H,9H2,(H2,23,29)(H3,24,25,26,27,28). The number of allylic oxidation sites excluding steroid dienone is 1. The van der Waals surface area contributed by atoms with E-state index >= 15 is 0 Å². The fourth-order valence-corrected chi connectivity index (χ4v) is 4.43. The van der Waals surface area contributed by atoms with E-state index in [1.165, 1.54) is 0 Å². The monoisotopic (exact) mass is 385 g/mol. The lowest BCUT2D eigenvalue weighted by atomic mass is 9.88. The van der Waals surface area contributed by atoms with Crippen LogP contribution in [0.15, 0.2) is 48.7 Å². The van der Waals surface area contributed by atoms with Crippen molar-refractivity contribution in [2.45, 2.75) is 12.5 Å². The van der Waals surface area contributed by atoms with Gasteiger partial charge in [0.1, 0.15) is 11.5 Å². The van der Waals surface area contributed by atoms with E-state index in [0.717, 1.165) is 17.5 Å². The van der Waals surface area contributed by atoms with Crippen LogP contribution in [0.25, 0.3) is 11.0 Å². The number of benzene rings is 1. The van der Waals surface area contributed by atoms with Crippen LogP contribution in [0, 0.1) is 29.1 Å². The molecule has 3 aromatic rings. The highest BCUT2D eigenvalue weighted by molar-refractivity contribution is 5.89. The molecule has 0 saturated heterocycles. The molecule has 1 aromatic carbocycles. The summed E-state index contributed by atoms with van der Waals surface area (Å²) in [5.74, 6) is 0.996. The minimum Gasteiger partial charge on any atom is -0.369 e. The molecule has 8 heteroatoms. The van der Waals surface area contributed by atoms with Crippen LogP contribution in [-0.4, -0.2) is 26.9 Å². The molecule has 1 amide bonds. The summed E-state index contributed by atoms with van der Waals surface area (Å²) in [4.78, 5) is 24.3. The minimum absolute atomic E-state index is 0.0849. The second kappa shape index (κ2) is 6.63. The van der Waals surface area contributed by atoms with Crippen LogP contribution in [0.2, 0.25) is 0 Å². The van der Waals surface area contributed by atoms with E-state index in [0.29, 0.717) is 23.0 Å². The van der Waals surface area contributed by atoms with Gasteiger partial charge < -0.3 is 21.4 Å². The van der Waals surface area contributed by atoms with Crippen molar-refractivity contribution >= 4 is 34.4 Å². The van der Waals surface area contributed by atoms with Crippen LogP contribution < -0.4 is 16.4 Å². The van der Waals surface area contributed by atoms with E-state index < -0.39 is 0 Å². The van der Waals surface area contributed by atoms with Crippen molar-refractivity contribution in [2.75, 3.05) is 10.6 Å². The topological polar surface area (TPSA) is 133 Å². The first-order chi connectivity index (χ1) is 14.1. The summed E-state index contributed by atoms with van der Waals surface area (Å²) in [5, 5.41) is 16.4. The van der Waals surface area contributed by atoms with E-state index in [1.807, 2.05) is 12.3 Å². The van der Waals surface area contributed by atoms with Crippen molar-refractivity contribution in [1.29, 1.82) is 5.26 Å². The van der Waals surface area contributed by atoms with Gasteiger partial charge in [-0.15, -0.1) is 0 Å². The Labute approximate surface area is 166 Å². The number of hydrogen-bond donors (Lipinski definition) is 4. The van der Waals surface area contributed by atoms with E-state index in [1.54, 1.807) is 24.3 Å². The molecule has 5 rings (SSSR count). The van der Waals surface area contributed by atoms with Gasteiger partial charge in [-0.2, -0.15) is 15.2 Å². The number of aromatic amines is 1. The molecule has 0 spiro atoms. The highest BCUT2D eigenvalue weighted by Crippen LogP contribution is 2.45. The van der Waals surface area contributed by atoms with Crippen molar-refractivity contribution < 1.29 is 4.79 Å². The summed E-state index contributed by atoms with van der Waals surface area (Å²) in [7, 11) is 0. The molecule has 2 aromatic heterocycles. The zero-order valence-corrected chi connectivity index (χ0v) is 15.5. The molecule has 2 aliphatic carbocycles. The van der Waals surface area contributed by atoms with Crippen LogP contribution >= 0.6 is 0 Å². The lowest BCUT2D eigenvalue weighted by Gasteiger charge is -2.27. The predicted octanol–water partition coefficient (Wildman–Crippen LogP) is 2.66. The second-order valence-corrected chi connectivity index (χ2v) is 7.50. The number of rotatable bonds is 5. The summed E-state index contributed by atoms with van der Waals surface area (Å²) in [6.07, 6.45) is 7.00. The number of nitrogens with one attached hydrogen (secondary N) is 3. The molecule has 0 aliphatic heterocycles. The van der Waals surface area contributed by atoms with Gasteiger partial charge in [-0.25, -0.2) is 0 Å². The van der Waals surface area contributed by atoms with E-state index in [9.17, 15) is 4.79 Å². The highest BCUT2D eigenvalue weighted by atomic mass is 16.1. The number of amides is 1. The number of carbonyl (C=O) groups is 1. The molecule has 2 heterocycles. The fraction of sp³-hybridized carbons (Fsp3) is 0.238. The van der Waals surface area contributed by atoms with Crippen molar-refractivity contribution in [1.82, 2.24) is 15.0 Å². The Kier molecular flexibility index (Phi) is 3.95. The molecule has 1 fully saturated rings. The SMILES string of the molecule is N#Cc1ccc(Nc2nc(NC3C4C=CC(C4)C3C(N)=O)c3cc[nH]c3n2)cc1. The Morgan fingerprint density at radius 3 is 2.72 bits per heavy atom. The van der Waals surface area contributed by atoms with Crippen molar-refractivity contribution in [3.8, 4) is 6.07 Å². The van der Waals surface area contributed by atoms with Crippen LogP contribution in [0.4, 0.5) is 17.5 Å². The number of anilines is 3. The van der Waals surface area contributed by atoms with Gasteiger partial charge >= 0.3 is 0 Å². The average Bonchev–Trinajstić information content (AvgIpc) is 3.44. The Hall–Kier alpha value is -3.86. The Morgan fingerprint density at radius 1 is 1.17 bits per heavy atom. The van der Waals surface area contributed by atoms with Gasteiger partial charge in [0.25, 0.3) is 0 Å². The third-order valence-electron chi connectivity index (χ3n) is 5.78. The number of H-pyrrole nitrogens is 1. The molecule has 8 nitrogen and oxygen atoms in total. The third kappa shape index (κ3) is 2.97. The van der Waals surface area contributed by atoms with E-state index in [-0.39, 0.29) is 29.7 Å². The Bertz CT molecular complexity index is 1160.